The molecule has 0 radical (unpaired) electrons. The van der Waals surface area contributed by atoms with E-state index >= 15 is 0 Å². The molecule has 126 valence electrons. The van der Waals surface area contributed by atoms with Crippen molar-refractivity contribution < 1.29 is 32.5 Å². The predicted molar refractivity (Wildman–Crippen MR) is 80.5 cm³/mol. The van der Waals surface area contributed by atoms with E-state index in [0.717, 1.165) is 0 Å². The Morgan fingerprint density at radius 3 is 2.70 bits per heavy atom. The molecule has 23 heavy (non-hydrogen) atoms. The molecule has 1 N–H and O–H groups in total. The fourth-order valence-corrected chi connectivity index (χ4v) is 5.47. The maximum Gasteiger partial charge on any atom is 0.314 e. The molecule has 1 aromatic carbocycles. The number of carbonyl (C=O) groups is 1. The third-order valence-corrected chi connectivity index (χ3v) is 6.85. The van der Waals surface area contributed by atoms with Crippen molar-refractivity contribution in [1.82, 2.24) is 0 Å². The molecule has 0 unspecified atom stereocenters. The summed E-state index contributed by atoms with van der Waals surface area (Å²) in [5, 5.41) is 8.69. The van der Waals surface area contributed by atoms with Crippen molar-refractivity contribution >= 4 is 15.8 Å². The zero-order valence-corrected chi connectivity index (χ0v) is 13.6. The van der Waals surface area contributed by atoms with E-state index < -0.39 is 32.4 Å². The zero-order valence-electron chi connectivity index (χ0n) is 12.8. The SMILES string of the molecule is CCS(=O)(=O)[C@@H]1[C@H](c2ccc3c(c2)OCO3)[C@]1(COC)C(=O)O. The Balaban J connectivity index is 2.06. The number of hydrogen-bond donors (Lipinski definition) is 1. The number of benzene rings is 1. The minimum Gasteiger partial charge on any atom is -0.481 e. The molecule has 0 aromatic heterocycles. The Labute approximate surface area is 134 Å². The number of aliphatic carboxylic acids is 1. The first kappa shape index (κ1) is 16.1. The Morgan fingerprint density at radius 2 is 2.09 bits per heavy atom. The molecule has 7 nitrogen and oxygen atoms in total. The normalized spacial score (nSPS) is 28.6. The van der Waals surface area contributed by atoms with Crippen molar-refractivity contribution in [3.63, 3.8) is 0 Å². The highest BCUT2D eigenvalue weighted by atomic mass is 32.2. The zero-order chi connectivity index (χ0) is 16.8. The summed E-state index contributed by atoms with van der Waals surface area (Å²) < 4.78 is 40.4. The van der Waals surface area contributed by atoms with Gasteiger partial charge in [-0.2, -0.15) is 0 Å². The second-order valence-electron chi connectivity index (χ2n) is 5.74. The maximum atomic E-state index is 12.4. The van der Waals surface area contributed by atoms with Crippen LogP contribution in [0.4, 0.5) is 0 Å². The van der Waals surface area contributed by atoms with Crippen molar-refractivity contribution in [2.24, 2.45) is 5.41 Å². The molecule has 1 aromatic rings. The summed E-state index contributed by atoms with van der Waals surface area (Å²) in [6.45, 7) is 1.46. The molecule has 8 heteroatoms. The third-order valence-electron chi connectivity index (χ3n) is 4.58. The highest BCUT2D eigenvalue weighted by molar-refractivity contribution is 7.92. The number of ether oxygens (including phenoxy) is 3. The van der Waals surface area contributed by atoms with E-state index in [2.05, 4.69) is 0 Å². The molecule has 0 bridgehead atoms. The van der Waals surface area contributed by atoms with Gasteiger partial charge in [0.05, 0.1) is 11.9 Å². The number of sulfone groups is 1. The lowest BCUT2D eigenvalue weighted by Gasteiger charge is -2.11. The molecule has 0 saturated heterocycles. The van der Waals surface area contributed by atoms with E-state index in [1.165, 1.54) is 14.0 Å². The number of hydrogen-bond acceptors (Lipinski definition) is 6. The summed E-state index contributed by atoms with van der Waals surface area (Å²) in [5.41, 5.74) is -0.854. The third kappa shape index (κ3) is 2.28. The Bertz CT molecular complexity index is 742. The first-order valence-corrected chi connectivity index (χ1v) is 8.93. The highest BCUT2D eigenvalue weighted by Gasteiger charge is 2.75. The Morgan fingerprint density at radius 1 is 1.39 bits per heavy atom. The molecule has 1 saturated carbocycles. The lowest BCUT2D eigenvalue weighted by Crippen LogP contribution is -2.29. The summed E-state index contributed by atoms with van der Waals surface area (Å²) in [7, 11) is -2.17. The second-order valence-corrected chi connectivity index (χ2v) is 8.15. The number of fused-ring (bicyclic) bond motifs is 1. The van der Waals surface area contributed by atoms with Gasteiger partial charge in [-0.05, 0) is 17.7 Å². The van der Waals surface area contributed by atoms with Crippen molar-refractivity contribution in [3.8, 4) is 11.5 Å². The molecule has 1 heterocycles. The van der Waals surface area contributed by atoms with Crippen LogP contribution in [0.15, 0.2) is 18.2 Å². The summed E-state index contributed by atoms with van der Waals surface area (Å²) in [5.74, 6) is -0.878. The summed E-state index contributed by atoms with van der Waals surface area (Å²) in [6, 6.07) is 5.02. The molecule has 1 fully saturated rings. The molecule has 3 rings (SSSR count). The topological polar surface area (TPSA) is 99.1 Å². The maximum absolute atomic E-state index is 12.4. The fourth-order valence-electron chi connectivity index (χ4n) is 3.42. The van der Waals surface area contributed by atoms with Crippen molar-refractivity contribution in [2.75, 3.05) is 26.3 Å². The fraction of sp³-hybridized carbons (Fsp3) is 0.533. The van der Waals surface area contributed by atoms with E-state index in [1.54, 1.807) is 18.2 Å². The molecule has 1 aliphatic heterocycles. The van der Waals surface area contributed by atoms with Gasteiger partial charge < -0.3 is 19.3 Å². The molecular formula is C15H18O7S. The second kappa shape index (κ2) is 5.38. The van der Waals surface area contributed by atoms with Gasteiger partial charge in [0, 0.05) is 18.8 Å². The lowest BCUT2D eigenvalue weighted by molar-refractivity contribution is -0.145. The van der Waals surface area contributed by atoms with E-state index in [4.69, 9.17) is 14.2 Å². The van der Waals surface area contributed by atoms with Crippen LogP contribution in [0.25, 0.3) is 0 Å². The molecule has 0 amide bonds. The highest BCUT2D eigenvalue weighted by Crippen LogP contribution is 2.64. The van der Waals surface area contributed by atoms with E-state index in [0.29, 0.717) is 17.1 Å². The van der Waals surface area contributed by atoms with Crippen LogP contribution in [0.1, 0.15) is 18.4 Å². The van der Waals surface area contributed by atoms with Gasteiger partial charge in [-0.3, -0.25) is 4.79 Å². The van der Waals surface area contributed by atoms with Gasteiger partial charge in [-0.25, -0.2) is 8.42 Å². The minimum absolute atomic E-state index is 0.0995. The Kier molecular flexibility index (Phi) is 3.76. The first-order valence-electron chi connectivity index (χ1n) is 7.22. The van der Waals surface area contributed by atoms with Crippen LogP contribution >= 0.6 is 0 Å². The van der Waals surface area contributed by atoms with Crippen LogP contribution in [-0.2, 0) is 19.4 Å². The minimum atomic E-state index is -3.54. The molecule has 3 atom stereocenters. The van der Waals surface area contributed by atoms with E-state index in [9.17, 15) is 18.3 Å². The van der Waals surface area contributed by atoms with Gasteiger partial charge in [0.1, 0.15) is 5.41 Å². The number of carboxylic acid groups (broad SMARTS) is 1. The Hall–Kier alpha value is -1.80. The predicted octanol–water partition coefficient (Wildman–Crippen LogP) is 1.03. The first-order chi connectivity index (χ1) is 10.9. The van der Waals surface area contributed by atoms with Crippen LogP contribution in [0, 0.1) is 5.41 Å². The van der Waals surface area contributed by atoms with Crippen LogP contribution in [-0.4, -0.2) is 51.0 Å². The van der Waals surface area contributed by atoms with Gasteiger partial charge in [0.25, 0.3) is 0 Å². The number of rotatable bonds is 6. The number of methoxy groups -OCH3 is 1. The van der Waals surface area contributed by atoms with Gasteiger partial charge in [-0.15, -0.1) is 0 Å². The summed E-state index contributed by atoms with van der Waals surface area (Å²) >= 11 is 0. The standard InChI is InChI=1S/C15H18O7S/c1-3-23(18,19)13-12(15(13,7-20-2)14(16)17)9-4-5-10-11(6-9)22-8-21-10/h4-6,12-13H,3,7-8H2,1-2H3,(H,16,17)/t12-,13+,15-/m0/s1. The van der Waals surface area contributed by atoms with Crippen LogP contribution < -0.4 is 9.47 Å². The van der Waals surface area contributed by atoms with Gasteiger partial charge in [-0.1, -0.05) is 13.0 Å². The van der Waals surface area contributed by atoms with Crippen molar-refractivity contribution in [1.29, 1.82) is 0 Å². The molecular weight excluding hydrogens is 324 g/mol. The van der Waals surface area contributed by atoms with Crippen LogP contribution in [0.2, 0.25) is 0 Å². The monoisotopic (exact) mass is 342 g/mol. The number of carboxylic acids is 1. The van der Waals surface area contributed by atoms with Crippen LogP contribution in [0.5, 0.6) is 11.5 Å². The molecule has 0 spiro atoms. The van der Waals surface area contributed by atoms with E-state index in [1.807, 2.05) is 0 Å². The lowest BCUT2D eigenvalue weighted by atomic mass is 9.99. The van der Waals surface area contributed by atoms with Crippen molar-refractivity contribution in [3.05, 3.63) is 23.8 Å². The van der Waals surface area contributed by atoms with E-state index in [-0.39, 0.29) is 19.2 Å². The largest absolute Gasteiger partial charge is 0.481 e. The van der Waals surface area contributed by atoms with Gasteiger partial charge in [0.15, 0.2) is 21.3 Å². The molecule has 1 aliphatic carbocycles. The summed E-state index contributed by atoms with van der Waals surface area (Å²) in [4.78, 5) is 11.9. The summed E-state index contributed by atoms with van der Waals surface area (Å²) in [6.07, 6.45) is 0. The van der Waals surface area contributed by atoms with Gasteiger partial charge >= 0.3 is 5.97 Å². The van der Waals surface area contributed by atoms with Crippen molar-refractivity contribution in [2.45, 2.75) is 18.1 Å². The van der Waals surface area contributed by atoms with Crippen LogP contribution in [0.3, 0.4) is 0 Å². The average Bonchev–Trinajstić information content (AvgIpc) is 2.99. The quantitative estimate of drug-likeness (QED) is 0.824. The van der Waals surface area contributed by atoms with Gasteiger partial charge in [0.2, 0.25) is 6.79 Å². The smallest absolute Gasteiger partial charge is 0.314 e. The average molecular weight is 342 g/mol. The molecule has 2 aliphatic rings.